The van der Waals surface area contributed by atoms with Gasteiger partial charge in [0.25, 0.3) is 5.91 Å². The van der Waals surface area contributed by atoms with Crippen molar-refractivity contribution >= 4 is 11.6 Å². The minimum atomic E-state index is -0.795. The predicted octanol–water partition coefficient (Wildman–Crippen LogP) is 1.33. The molecule has 0 radical (unpaired) electrons. The van der Waals surface area contributed by atoms with Crippen LogP contribution in [0.2, 0.25) is 0 Å². The van der Waals surface area contributed by atoms with Crippen molar-refractivity contribution in [3.05, 3.63) is 24.0 Å². The number of nitrogens with one attached hydrogen (secondary N) is 1. The highest BCUT2D eigenvalue weighted by Gasteiger charge is 2.33. The van der Waals surface area contributed by atoms with Crippen LogP contribution in [-0.4, -0.2) is 28.1 Å². The first-order valence-electron chi connectivity index (χ1n) is 6.71. The van der Waals surface area contributed by atoms with Crippen LogP contribution < -0.4 is 11.1 Å². The van der Waals surface area contributed by atoms with E-state index in [0.29, 0.717) is 11.6 Å². The molecule has 0 aromatic carbocycles. The van der Waals surface area contributed by atoms with Gasteiger partial charge in [-0.1, -0.05) is 19.8 Å². The number of anilines is 1. The van der Waals surface area contributed by atoms with E-state index in [9.17, 15) is 9.90 Å². The van der Waals surface area contributed by atoms with Crippen LogP contribution in [0.25, 0.3) is 0 Å². The Balaban J connectivity index is 1.95. The Morgan fingerprint density at radius 3 is 3.16 bits per heavy atom. The number of hydrogen-bond donors (Lipinski definition) is 3. The molecule has 5 nitrogen and oxygen atoms in total. The lowest BCUT2D eigenvalue weighted by molar-refractivity contribution is -0.0109. The maximum absolute atomic E-state index is 12.0. The second-order valence-electron chi connectivity index (χ2n) is 5.55. The highest BCUT2D eigenvalue weighted by molar-refractivity contribution is 5.97. The Kier molecular flexibility index (Phi) is 4.04. The maximum atomic E-state index is 12.0. The number of nitrogens with zero attached hydrogens (tertiary/aromatic N) is 1. The molecule has 2 atom stereocenters. The number of aromatic nitrogens is 1. The van der Waals surface area contributed by atoms with Crippen molar-refractivity contribution in [2.24, 2.45) is 5.92 Å². The van der Waals surface area contributed by atoms with E-state index in [0.717, 1.165) is 25.7 Å². The Morgan fingerprint density at radius 2 is 2.47 bits per heavy atom. The first kappa shape index (κ1) is 13.8. The van der Waals surface area contributed by atoms with Crippen molar-refractivity contribution < 1.29 is 9.90 Å². The summed E-state index contributed by atoms with van der Waals surface area (Å²) in [6.07, 6.45) is 5.13. The largest absolute Gasteiger partial charge is 0.397 e. The lowest BCUT2D eigenvalue weighted by Gasteiger charge is -2.35. The van der Waals surface area contributed by atoms with Crippen molar-refractivity contribution in [2.75, 3.05) is 12.3 Å². The van der Waals surface area contributed by atoms with E-state index in [1.165, 1.54) is 6.20 Å². The number of nitrogens with two attached hydrogens (primary N) is 1. The van der Waals surface area contributed by atoms with Crippen molar-refractivity contribution in [1.29, 1.82) is 0 Å². The Labute approximate surface area is 113 Å². The average molecular weight is 263 g/mol. The van der Waals surface area contributed by atoms with Crippen LogP contribution in [0.15, 0.2) is 18.3 Å². The van der Waals surface area contributed by atoms with Crippen molar-refractivity contribution in [3.63, 3.8) is 0 Å². The van der Waals surface area contributed by atoms with Gasteiger partial charge in [-0.05, 0) is 30.9 Å². The minimum Gasteiger partial charge on any atom is -0.397 e. The van der Waals surface area contributed by atoms with Gasteiger partial charge in [0.1, 0.15) is 0 Å². The van der Waals surface area contributed by atoms with Crippen molar-refractivity contribution in [3.8, 4) is 0 Å². The van der Waals surface area contributed by atoms with Crippen LogP contribution in [-0.2, 0) is 0 Å². The molecule has 104 valence electrons. The maximum Gasteiger partial charge on any atom is 0.272 e. The number of nitrogen functional groups attached to an aromatic ring is 1. The van der Waals surface area contributed by atoms with Gasteiger partial charge in [-0.15, -0.1) is 0 Å². The predicted molar refractivity (Wildman–Crippen MR) is 73.6 cm³/mol. The minimum absolute atomic E-state index is 0.218. The number of rotatable bonds is 3. The van der Waals surface area contributed by atoms with Gasteiger partial charge >= 0.3 is 0 Å². The summed E-state index contributed by atoms with van der Waals surface area (Å²) in [5, 5.41) is 13.2. The molecule has 1 aliphatic rings. The third kappa shape index (κ3) is 3.44. The Morgan fingerprint density at radius 1 is 1.68 bits per heavy atom. The first-order valence-corrected chi connectivity index (χ1v) is 6.71. The first-order chi connectivity index (χ1) is 9.00. The van der Waals surface area contributed by atoms with Crippen LogP contribution in [0.3, 0.4) is 0 Å². The van der Waals surface area contributed by atoms with Gasteiger partial charge in [0, 0.05) is 12.7 Å². The zero-order valence-electron chi connectivity index (χ0n) is 11.2. The normalized spacial score (nSPS) is 26.9. The summed E-state index contributed by atoms with van der Waals surface area (Å²) >= 11 is 0. The van der Waals surface area contributed by atoms with E-state index in [4.69, 9.17) is 5.73 Å². The van der Waals surface area contributed by atoms with Crippen LogP contribution in [0.1, 0.15) is 43.1 Å². The number of carbonyl (C=O) groups excluding carboxylic acids is 1. The molecule has 1 fully saturated rings. The van der Waals surface area contributed by atoms with Gasteiger partial charge < -0.3 is 16.2 Å². The van der Waals surface area contributed by atoms with Gasteiger partial charge in [0.05, 0.1) is 11.3 Å². The lowest BCUT2D eigenvalue weighted by Crippen LogP contribution is -2.46. The molecule has 2 rings (SSSR count). The summed E-state index contributed by atoms with van der Waals surface area (Å²) in [4.78, 5) is 15.9. The molecule has 0 aliphatic heterocycles. The summed E-state index contributed by atoms with van der Waals surface area (Å²) in [5.74, 6) is 0.167. The fourth-order valence-electron chi connectivity index (χ4n) is 2.73. The zero-order chi connectivity index (χ0) is 13.9. The molecule has 1 aliphatic carbocycles. The monoisotopic (exact) mass is 263 g/mol. The number of carbonyl (C=O) groups is 1. The summed E-state index contributed by atoms with van der Waals surface area (Å²) in [6.45, 7) is 2.38. The fourth-order valence-corrected chi connectivity index (χ4v) is 2.73. The molecule has 5 heteroatoms. The number of pyridine rings is 1. The second-order valence-corrected chi connectivity index (χ2v) is 5.55. The SMILES string of the molecule is CC1CCCC(O)(CNC(=O)c2ncccc2N)C1. The molecule has 2 unspecified atom stereocenters. The topological polar surface area (TPSA) is 88.2 Å². The summed E-state index contributed by atoms with van der Waals surface area (Å²) in [6, 6.07) is 3.32. The molecule has 19 heavy (non-hydrogen) atoms. The molecule has 0 saturated heterocycles. The van der Waals surface area contributed by atoms with E-state index < -0.39 is 5.60 Å². The van der Waals surface area contributed by atoms with E-state index in [1.807, 2.05) is 0 Å². The molecule has 4 N–H and O–H groups in total. The highest BCUT2D eigenvalue weighted by Crippen LogP contribution is 2.31. The smallest absolute Gasteiger partial charge is 0.272 e. The molecule has 1 saturated carbocycles. The summed E-state index contributed by atoms with van der Waals surface area (Å²) in [7, 11) is 0. The van der Waals surface area contributed by atoms with Crippen LogP contribution in [0.5, 0.6) is 0 Å². The van der Waals surface area contributed by atoms with Crippen molar-refractivity contribution in [2.45, 2.75) is 38.2 Å². The Bertz CT molecular complexity index is 464. The quantitative estimate of drug-likeness (QED) is 0.767. The molecule has 1 heterocycles. The standard InChI is InChI=1S/C14H21N3O2/c1-10-4-2-6-14(19,8-10)9-17-13(18)12-11(15)5-3-7-16-12/h3,5,7,10,19H,2,4,6,8-9,15H2,1H3,(H,17,18). The van der Waals surface area contributed by atoms with Crippen molar-refractivity contribution in [1.82, 2.24) is 10.3 Å². The molecule has 0 bridgehead atoms. The lowest BCUT2D eigenvalue weighted by atomic mass is 9.79. The fraction of sp³-hybridized carbons (Fsp3) is 0.571. The molecule has 0 spiro atoms. The zero-order valence-corrected chi connectivity index (χ0v) is 11.2. The van der Waals surface area contributed by atoms with Crippen LogP contribution in [0, 0.1) is 5.92 Å². The van der Waals surface area contributed by atoms with Gasteiger partial charge in [0.15, 0.2) is 5.69 Å². The molecule has 1 amide bonds. The summed E-state index contributed by atoms with van der Waals surface area (Å²) < 4.78 is 0. The van der Waals surface area contributed by atoms with Crippen LogP contribution >= 0.6 is 0 Å². The van der Waals surface area contributed by atoms with E-state index in [2.05, 4.69) is 17.2 Å². The second kappa shape index (κ2) is 5.57. The Hall–Kier alpha value is -1.62. The number of hydrogen-bond acceptors (Lipinski definition) is 4. The molecule has 1 aromatic heterocycles. The van der Waals surface area contributed by atoms with Gasteiger partial charge in [0.2, 0.25) is 0 Å². The third-order valence-corrected chi connectivity index (χ3v) is 3.70. The molecule has 1 aromatic rings. The number of amides is 1. The molecular formula is C14H21N3O2. The summed E-state index contributed by atoms with van der Waals surface area (Å²) in [5.41, 5.74) is 5.47. The van der Waals surface area contributed by atoms with Gasteiger partial charge in [-0.2, -0.15) is 0 Å². The van der Waals surface area contributed by atoms with Crippen LogP contribution in [0.4, 0.5) is 5.69 Å². The van der Waals surface area contributed by atoms with Gasteiger partial charge in [-0.3, -0.25) is 4.79 Å². The van der Waals surface area contributed by atoms with E-state index in [-0.39, 0.29) is 18.1 Å². The molecular weight excluding hydrogens is 242 g/mol. The van der Waals surface area contributed by atoms with Gasteiger partial charge in [-0.25, -0.2) is 4.98 Å². The van der Waals surface area contributed by atoms with E-state index >= 15 is 0 Å². The highest BCUT2D eigenvalue weighted by atomic mass is 16.3. The number of aliphatic hydroxyl groups is 1. The third-order valence-electron chi connectivity index (χ3n) is 3.70. The average Bonchev–Trinajstić information content (AvgIpc) is 2.36. The van der Waals surface area contributed by atoms with E-state index in [1.54, 1.807) is 12.1 Å².